The Morgan fingerprint density at radius 3 is 2.64 bits per heavy atom. The van der Waals surface area contributed by atoms with Crippen molar-refractivity contribution in [2.24, 2.45) is 0 Å². The van der Waals surface area contributed by atoms with Crippen LogP contribution in [0.4, 0.5) is 11.4 Å². The van der Waals surface area contributed by atoms with Crippen LogP contribution >= 0.6 is 0 Å². The zero-order valence-corrected chi connectivity index (χ0v) is 15.9. The SMILES string of the molecule is CC(=O)N1c2ccc(NC(=O)c3ccc(Cn4cccn4)cc3)cc2CC1C. The van der Waals surface area contributed by atoms with Crippen molar-refractivity contribution in [1.29, 1.82) is 0 Å². The Hall–Kier alpha value is -3.41. The molecule has 0 saturated carbocycles. The molecule has 2 heterocycles. The van der Waals surface area contributed by atoms with Gasteiger partial charge in [-0.2, -0.15) is 5.10 Å². The minimum atomic E-state index is -0.153. The predicted octanol–water partition coefficient (Wildman–Crippen LogP) is 3.48. The first-order valence-electron chi connectivity index (χ1n) is 9.32. The number of anilines is 2. The molecule has 4 rings (SSSR count). The summed E-state index contributed by atoms with van der Waals surface area (Å²) in [5, 5.41) is 7.14. The maximum absolute atomic E-state index is 12.6. The van der Waals surface area contributed by atoms with Crippen molar-refractivity contribution in [1.82, 2.24) is 9.78 Å². The largest absolute Gasteiger partial charge is 0.322 e. The van der Waals surface area contributed by atoms with E-state index < -0.39 is 0 Å². The Bertz CT molecular complexity index is 1010. The molecule has 3 aromatic rings. The number of hydrogen-bond acceptors (Lipinski definition) is 3. The van der Waals surface area contributed by atoms with Crippen LogP contribution in [-0.4, -0.2) is 27.6 Å². The van der Waals surface area contributed by atoms with Gasteiger partial charge < -0.3 is 10.2 Å². The van der Waals surface area contributed by atoms with Gasteiger partial charge in [-0.05, 0) is 60.9 Å². The fourth-order valence-corrected chi connectivity index (χ4v) is 3.73. The number of nitrogens with one attached hydrogen (secondary N) is 1. The molecule has 1 unspecified atom stereocenters. The molecule has 1 N–H and O–H groups in total. The molecule has 1 atom stereocenters. The molecule has 6 heteroatoms. The first-order chi connectivity index (χ1) is 13.5. The number of benzene rings is 2. The summed E-state index contributed by atoms with van der Waals surface area (Å²) in [5.41, 5.74) is 4.43. The average Bonchev–Trinajstić information content (AvgIpc) is 3.28. The van der Waals surface area contributed by atoms with Crippen molar-refractivity contribution < 1.29 is 9.59 Å². The Morgan fingerprint density at radius 1 is 1.18 bits per heavy atom. The molecule has 1 aromatic heterocycles. The highest BCUT2D eigenvalue weighted by molar-refractivity contribution is 6.04. The first kappa shape index (κ1) is 18.0. The number of aromatic nitrogens is 2. The highest BCUT2D eigenvalue weighted by Gasteiger charge is 2.28. The smallest absolute Gasteiger partial charge is 0.255 e. The van der Waals surface area contributed by atoms with E-state index in [1.54, 1.807) is 18.0 Å². The van der Waals surface area contributed by atoms with Crippen LogP contribution in [0.5, 0.6) is 0 Å². The summed E-state index contributed by atoms with van der Waals surface area (Å²) in [5.74, 6) is -0.113. The number of amides is 2. The molecule has 0 bridgehead atoms. The zero-order valence-electron chi connectivity index (χ0n) is 15.9. The van der Waals surface area contributed by atoms with E-state index in [9.17, 15) is 9.59 Å². The molecule has 0 radical (unpaired) electrons. The standard InChI is InChI=1S/C22H22N4O2/c1-15-12-19-13-20(8-9-21(19)26(15)16(2)27)24-22(28)18-6-4-17(5-7-18)14-25-11-3-10-23-25/h3-11,13,15H,12,14H2,1-2H3,(H,24,28). The molecule has 0 fully saturated rings. The van der Waals surface area contributed by atoms with E-state index in [1.165, 1.54) is 0 Å². The predicted molar refractivity (Wildman–Crippen MR) is 108 cm³/mol. The lowest BCUT2D eigenvalue weighted by molar-refractivity contribution is -0.116. The number of carbonyl (C=O) groups excluding carboxylic acids is 2. The second-order valence-corrected chi connectivity index (χ2v) is 7.14. The van der Waals surface area contributed by atoms with Gasteiger partial charge in [0.25, 0.3) is 5.91 Å². The number of rotatable bonds is 4. The lowest BCUT2D eigenvalue weighted by atomic mass is 10.1. The zero-order chi connectivity index (χ0) is 19.7. The monoisotopic (exact) mass is 374 g/mol. The quantitative estimate of drug-likeness (QED) is 0.760. The highest BCUT2D eigenvalue weighted by Crippen LogP contribution is 2.34. The van der Waals surface area contributed by atoms with Gasteiger partial charge in [0.05, 0.1) is 6.54 Å². The van der Waals surface area contributed by atoms with Gasteiger partial charge in [0.15, 0.2) is 0 Å². The third-order valence-corrected chi connectivity index (χ3v) is 5.01. The van der Waals surface area contributed by atoms with Gasteiger partial charge >= 0.3 is 0 Å². The van der Waals surface area contributed by atoms with Gasteiger partial charge in [0, 0.05) is 42.3 Å². The second-order valence-electron chi connectivity index (χ2n) is 7.14. The van der Waals surface area contributed by atoms with Crippen molar-refractivity contribution in [3.05, 3.63) is 77.6 Å². The lowest BCUT2D eigenvalue weighted by Crippen LogP contribution is -2.33. The average molecular weight is 374 g/mol. The molecule has 0 spiro atoms. The summed E-state index contributed by atoms with van der Waals surface area (Å²) in [7, 11) is 0. The third-order valence-electron chi connectivity index (χ3n) is 5.01. The summed E-state index contributed by atoms with van der Waals surface area (Å²) in [6.45, 7) is 4.28. The van der Waals surface area contributed by atoms with Crippen LogP contribution in [0.2, 0.25) is 0 Å². The minimum Gasteiger partial charge on any atom is -0.322 e. The van der Waals surface area contributed by atoms with E-state index in [2.05, 4.69) is 10.4 Å². The number of nitrogens with zero attached hydrogens (tertiary/aromatic N) is 3. The van der Waals surface area contributed by atoms with Crippen LogP contribution in [0.3, 0.4) is 0 Å². The Labute approximate surface area is 163 Å². The number of hydrogen-bond donors (Lipinski definition) is 1. The Kier molecular flexibility index (Phi) is 4.69. The van der Waals surface area contributed by atoms with E-state index in [1.807, 2.05) is 66.3 Å². The molecule has 2 aromatic carbocycles. The van der Waals surface area contributed by atoms with E-state index >= 15 is 0 Å². The fourth-order valence-electron chi connectivity index (χ4n) is 3.73. The molecule has 28 heavy (non-hydrogen) atoms. The summed E-state index contributed by atoms with van der Waals surface area (Å²) < 4.78 is 1.84. The minimum absolute atomic E-state index is 0.0400. The molecule has 1 aliphatic rings. The van der Waals surface area contributed by atoms with Crippen LogP contribution in [0.1, 0.15) is 35.3 Å². The maximum atomic E-state index is 12.6. The van der Waals surface area contributed by atoms with Gasteiger partial charge in [0.1, 0.15) is 0 Å². The van der Waals surface area contributed by atoms with Crippen LogP contribution in [0.15, 0.2) is 60.9 Å². The van der Waals surface area contributed by atoms with Crippen molar-refractivity contribution in [3.8, 4) is 0 Å². The number of carbonyl (C=O) groups is 2. The van der Waals surface area contributed by atoms with Gasteiger partial charge in [0.2, 0.25) is 5.91 Å². The third kappa shape index (κ3) is 3.53. The summed E-state index contributed by atoms with van der Waals surface area (Å²) in [6.07, 6.45) is 4.44. The summed E-state index contributed by atoms with van der Waals surface area (Å²) in [6, 6.07) is 15.2. The van der Waals surface area contributed by atoms with E-state index in [0.717, 1.165) is 28.9 Å². The van der Waals surface area contributed by atoms with Crippen LogP contribution in [0, 0.1) is 0 Å². The van der Waals surface area contributed by atoms with Gasteiger partial charge in [-0.25, -0.2) is 0 Å². The highest BCUT2D eigenvalue weighted by atomic mass is 16.2. The lowest BCUT2D eigenvalue weighted by Gasteiger charge is -2.20. The van der Waals surface area contributed by atoms with Crippen LogP contribution < -0.4 is 10.2 Å². The molecule has 1 aliphatic heterocycles. The first-order valence-corrected chi connectivity index (χ1v) is 9.32. The molecule has 0 aliphatic carbocycles. The fraction of sp³-hybridized carbons (Fsp3) is 0.227. The topological polar surface area (TPSA) is 67.2 Å². The second kappa shape index (κ2) is 7.31. The van der Waals surface area contributed by atoms with Gasteiger partial charge in [-0.15, -0.1) is 0 Å². The normalized spacial score (nSPS) is 15.4. The van der Waals surface area contributed by atoms with Crippen molar-refractivity contribution >= 4 is 23.2 Å². The molecule has 2 amide bonds. The Morgan fingerprint density at radius 2 is 1.96 bits per heavy atom. The number of fused-ring (bicyclic) bond motifs is 1. The van der Waals surface area contributed by atoms with E-state index in [0.29, 0.717) is 12.1 Å². The van der Waals surface area contributed by atoms with E-state index in [-0.39, 0.29) is 17.9 Å². The van der Waals surface area contributed by atoms with Gasteiger partial charge in [-0.1, -0.05) is 12.1 Å². The van der Waals surface area contributed by atoms with Crippen molar-refractivity contribution in [3.63, 3.8) is 0 Å². The van der Waals surface area contributed by atoms with Crippen LogP contribution in [0.25, 0.3) is 0 Å². The van der Waals surface area contributed by atoms with Crippen molar-refractivity contribution in [2.45, 2.75) is 32.9 Å². The van der Waals surface area contributed by atoms with E-state index in [4.69, 9.17) is 0 Å². The summed E-state index contributed by atoms with van der Waals surface area (Å²) >= 11 is 0. The van der Waals surface area contributed by atoms with Crippen LogP contribution in [-0.2, 0) is 17.8 Å². The molecular weight excluding hydrogens is 352 g/mol. The maximum Gasteiger partial charge on any atom is 0.255 e. The molecule has 0 saturated heterocycles. The van der Waals surface area contributed by atoms with Gasteiger partial charge in [-0.3, -0.25) is 14.3 Å². The van der Waals surface area contributed by atoms with Crippen molar-refractivity contribution in [2.75, 3.05) is 10.2 Å². The Balaban J connectivity index is 1.45. The molecular formula is C22H22N4O2. The molecule has 142 valence electrons. The molecule has 6 nitrogen and oxygen atoms in total. The summed E-state index contributed by atoms with van der Waals surface area (Å²) in [4.78, 5) is 26.2.